The number of aliphatic hydroxyl groups excluding tert-OH is 2. The van der Waals surface area contributed by atoms with Crippen molar-refractivity contribution in [3.8, 4) is 23.0 Å². The fraction of sp³-hybridized carbons (Fsp3) is 0.548. The van der Waals surface area contributed by atoms with Crippen molar-refractivity contribution >= 4 is 23.2 Å². The summed E-state index contributed by atoms with van der Waals surface area (Å²) >= 11 is 0. The lowest BCUT2D eigenvalue weighted by atomic mass is 10.1. The fourth-order valence-electron chi connectivity index (χ4n) is 5.71. The van der Waals surface area contributed by atoms with Gasteiger partial charge in [0.2, 0.25) is 0 Å². The number of carbonyl (C=O) groups excluding carboxylic acids is 2. The molecule has 0 aromatic heterocycles. The Balaban J connectivity index is 1.25. The van der Waals surface area contributed by atoms with Crippen LogP contribution in [0.15, 0.2) is 24.3 Å². The third kappa shape index (κ3) is 7.37. The first-order valence-corrected chi connectivity index (χ1v) is 14.9. The van der Waals surface area contributed by atoms with E-state index in [1.165, 1.54) is 14.2 Å². The van der Waals surface area contributed by atoms with E-state index in [4.69, 9.17) is 30.4 Å². The zero-order chi connectivity index (χ0) is 30.9. The van der Waals surface area contributed by atoms with Crippen LogP contribution in [-0.2, 0) is 0 Å². The summed E-state index contributed by atoms with van der Waals surface area (Å²) in [6, 6.07) is 6.03. The molecule has 2 aromatic carbocycles. The van der Waals surface area contributed by atoms with Gasteiger partial charge in [0.25, 0.3) is 11.8 Å². The Bertz CT molecular complexity index is 1180. The Morgan fingerprint density at radius 3 is 1.51 bits per heavy atom. The smallest absolute Gasteiger partial charge is 0.256 e. The van der Waals surface area contributed by atoms with E-state index in [0.29, 0.717) is 71.8 Å². The van der Waals surface area contributed by atoms with Crippen LogP contribution in [0.5, 0.6) is 23.0 Å². The summed E-state index contributed by atoms with van der Waals surface area (Å²) in [4.78, 5) is 29.4. The van der Waals surface area contributed by atoms with E-state index in [1.54, 1.807) is 34.1 Å². The Kier molecular flexibility index (Phi) is 11.2. The van der Waals surface area contributed by atoms with Gasteiger partial charge in [-0.15, -0.1) is 0 Å². The zero-order valence-corrected chi connectivity index (χ0v) is 25.0. The Morgan fingerprint density at radius 2 is 1.14 bits per heavy atom. The molecule has 0 saturated carbocycles. The van der Waals surface area contributed by atoms with Crippen molar-refractivity contribution in [3.63, 3.8) is 0 Å². The second-order valence-corrected chi connectivity index (χ2v) is 10.9. The molecule has 2 aromatic rings. The third-order valence-corrected chi connectivity index (χ3v) is 8.13. The van der Waals surface area contributed by atoms with Crippen molar-refractivity contribution in [1.29, 1.82) is 0 Å². The van der Waals surface area contributed by atoms with Gasteiger partial charge in [0.15, 0.2) is 23.0 Å². The molecule has 12 nitrogen and oxygen atoms in total. The monoisotopic (exact) mass is 600 g/mol. The minimum Gasteiger partial charge on any atom is -0.493 e. The molecular formula is C31H44N4O8. The Hall–Kier alpha value is -3.90. The highest BCUT2D eigenvalue weighted by molar-refractivity contribution is 6.01. The van der Waals surface area contributed by atoms with Gasteiger partial charge in [-0.25, -0.2) is 0 Å². The van der Waals surface area contributed by atoms with Gasteiger partial charge >= 0.3 is 0 Å². The second kappa shape index (κ2) is 15.0. The number of amides is 2. The SMILES string of the molecule is COc1cc(C(=O)N2CCC[C@H]2CO)c(N)cc1OCCCCCOc1cc(N)c(C(=O)N2CCC[C@H]2CO)cc1OC. The Labute approximate surface area is 252 Å². The molecule has 6 N–H and O–H groups in total. The lowest BCUT2D eigenvalue weighted by Gasteiger charge is -2.24. The van der Waals surface area contributed by atoms with Crippen molar-refractivity contribution in [2.75, 3.05) is 65.2 Å². The van der Waals surface area contributed by atoms with Crippen LogP contribution in [0.2, 0.25) is 0 Å². The maximum Gasteiger partial charge on any atom is 0.256 e. The first-order chi connectivity index (χ1) is 20.8. The molecule has 0 aliphatic carbocycles. The average molecular weight is 601 g/mol. The quantitative estimate of drug-likeness (QED) is 0.187. The van der Waals surface area contributed by atoms with Crippen LogP contribution in [0.25, 0.3) is 0 Å². The lowest BCUT2D eigenvalue weighted by molar-refractivity contribution is 0.0672. The van der Waals surface area contributed by atoms with Gasteiger partial charge in [0.05, 0.1) is 63.9 Å². The molecule has 2 atom stereocenters. The summed E-state index contributed by atoms with van der Waals surface area (Å²) in [6.07, 6.45) is 5.54. The number of unbranched alkanes of at least 4 members (excludes halogenated alkanes) is 2. The van der Waals surface area contributed by atoms with Gasteiger partial charge in [-0.05, 0) is 57.1 Å². The number of nitrogens with two attached hydrogens (primary N) is 2. The third-order valence-electron chi connectivity index (χ3n) is 8.13. The van der Waals surface area contributed by atoms with Crippen molar-refractivity contribution in [2.24, 2.45) is 0 Å². The van der Waals surface area contributed by atoms with Crippen LogP contribution in [0, 0.1) is 0 Å². The zero-order valence-electron chi connectivity index (χ0n) is 25.0. The van der Waals surface area contributed by atoms with Gasteiger partial charge in [-0.2, -0.15) is 0 Å². The summed E-state index contributed by atoms with van der Waals surface area (Å²) in [5.41, 5.74) is 13.7. The number of anilines is 2. The maximum atomic E-state index is 13.0. The summed E-state index contributed by atoms with van der Waals surface area (Å²) in [7, 11) is 3.02. The van der Waals surface area contributed by atoms with Crippen LogP contribution < -0.4 is 30.4 Å². The first-order valence-electron chi connectivity index (χ1n) is 14.9. The Morgan fingerprint density at radius 1 is 0.721 bits per heavy atom. The second-order valence-electron chi connectivity index (χ2n) is 10.9. The average Bonchev–Trinajstić information content (AvgIpc) is 3.70. The van der Waals surface area contributed by atoms with Gasteiger partial charge in [-0.1, -0.05) is 0 Å². The highest BCUT2D eigenvalue weighted by Crippen LogP contribution is 2.35. The summed E-state index contributed by atoms with van der Waals surface area (Å²) < 4.78 is 22.8. The largest absolute Gasteiger partial charge is 0.493 e. The van der Waals surface area contributed by atoms with Gasteiger partial charge in [0.1, 0.15) is 0 Å². The molecule has 0 unspecified atom stereocenters. The van der Waals surface area contributed by atoms with Crippen molar-refractivity contribution in [1.82, 2.24) is 9.80 Å². The van der Waals surface area contributed by atoms with Crippen molar-refractivity contribution < 1.29 is 38.7 Å². The molecule has 2 fully saturated rings. The summed E-state index contributed by atoms with van der Waals surface area (Å²) in [5, 5.41) is 19.2. The lowest BCUT2D eigenvalue weighted by Crippen LogP contribution is -2.38. The van der Waals surface area contributed by atoms with E-state index < -0.39 is 0 Å². The standard InChI is InChI=1S/C31H44N4O8/c1-40-26-14-22(30(38)34-10-6-8-20(34)18-36)24(32)16-28(26)42-12-4-3-5-13-43-29-17-25(33)23(15-27(29)41-2)31(39)35-11-7-9-21(35)19-37/h14-17,20-21,36-37H,3-13,18-19,32-33H2,1-2H3/t20-,21-/m0/s1. The molecule has 2 aliphatic rings. The molecular weight excluding hydrogens is 556 g/mol. The molecule has 43 heavy (non-hydrogen) atoms. The number of rotatable bonds is 14. The molecule has 0 spiro atoms. The molecule has 0 radical (unpaired) electrons. The van der Waals surface area contributed by atoms with E-state index in [2.05, 4.69) is 0 Å². The summed E-state index contributed by atoms with van der Waals surface area (Å²) in [6.45, 7) is 1.86. The molecule has 2 aliphatic heterocycles. The van der Waals surface area contributed by atoms with Crippen molar-refractivity contribution in [2.45, 2.75) is 57.0 Å². The van der Waals surface area contributed by atoms with Gasteiger partial charge in [0, 0.05) is 36.6 Å². The van der Waals surface area contributed by atoms with E-state index >= 15 is 0 Å². The molecule has 12 heteroatoms. The molecule has 4 rings (SSSR count). The minimum atomic E-state index is -0.222. The number of methoxy groups -OCH3 is 2. The van der Waals surface area contributed by atoms with Crippen LogP contribution in [0.4, 0.5) is 11.4 Å². The number of carbonyl (C=O) groups is 2. The molecule has 236 valence electrons. The van der Waals surface area contributed by atoms with E-state index in [1.807, 2.05) is 0 Å². The summed E-state index contributed by atoms with van der Waals surface area (Å²) in [5.74, 6) is 1.32. The van der Waals surface area contributed by atoms with Crippen LogP contribution in [0.1, 0.15) is 65.7 Å². The number of ether oxygens (including phenoxy) is 4. The van der Waals surface area contributed by atoms with Crippen LogP contribution in [-0.4, -0.2) is 97.6 Å². The first kappa shape index (κ1) is 32.0. The number of nitrogen functional groups attached to an aromatic ring is 2. The molecule has 0 bridgehead atoms. The predicted octanol–water partition coefficient (Wildman–Crippen LogP) is 2.69. The number of benzene rings is 2. The number of hydrogen-bond acceptors (Lipinski definition) is 10. The molecule has 2 amide bonds. The highest BCUT2D eigenvalue weighted by Gasteiger charge is 2.31. The number of nitrogens with zero attached hydrogens (tertiary/aromatic N) is 2. The van der Waals surface area contributed by atoms with Crippen LogP contribution >= 0.6 is 0 Å². The number of likely N-dealkylation sites (tertiary alicyclic amines) is 2. The van der Waals surface area contributed by atoms with Gasteiger partial charge < -0.3 is 50.4 Å². The molecule has 2 saturated heterocycles. The van der Waals surface area contributed by atoms with E-state index in [0.717, 1.165) is 44.9 Å². The van der Waals surface area contributed by atoms with Gasteiger partial charge in [-0.3, -0.25) is 9.59 Å². The molecule has 2 heterocycles. The number of aliphatic hydroxyl groups is 2. The highest BCUT2D eigenvalue weighted by atomic mass is 16.5. The predicted molar refractivity (Wildman–Crippen MR) is 162 cm³/mol. The van der Waals surface area contributed by atoms with E-state index in [-0.39, 0.29) is 37.1 Å². The van der Waals surface area contributed by atoms with Crippen molar-refractivity contribution in [3.05, 3.63) is 35.4 Å². The normalized spacial score (nSPS) is 18.1. The van der Waals surface area contributed by atoms with Crippen LogP contribution in [0.3, 0.4) is 0 Å². The maximum absolute atomic E-state index is 13.0. The minimum absolute atomic E-state index is 0.0742. The number of hydrogen-bond donors (Lipinski definition) is 4. The van der Waals surface area contributed by atoms with E-state index in [9.17, 15) is 19.8 Å². The fourth-order valence-corrected chi connectivity index (χ4v) is 5.71. The topological polar surface area (TPSA) is 170 Å².